The van der Waals surface area contributed by atoms with Crippen LogP contribution in [-0.2, 0) is 38.7 Å². The van der Waals surface area contributed by atoms with E-state index in [0.29, 0.717) is 6.42 Å². The van der Waals surface area contributed by atoms with E-state index >= 15 is 0 Å². The molecule has 1 heterocycles. The average Bonchev–Trinajstić information content (AvgIpc) is 2.65. The van der Waals surface area contributed by atoms with Crippen LogP contribution in [0, 0.1) is 0 Å². The van der Waals surface area contributed by atoms with Gasteiger partial charge in [-0.05, 0) is 16.7 Å². The van der Waals surface area contributed by atoms with Crippen LogP contribution in [0.25, 0.3) is 0 Å². The predicted molar refractivity (Wildman–Crippen MR) is 91.4 cm³/mol. The summed E-state index contributed by atoms with van der Waals surface area (Å²) >= 11 is 0. The quantitative estimate of drug-likeness (QED) is 0.634. The number of carbonyl (C=O) groups is 3. The van der Waals surface area contributed by atoms with Crippen LogP contribution in [0.15, 0.2) is 54.6 Å². The molecule has 128 valence electrons. The topological polar surface area (TPSA) is 63.7 Å². The summed E-state index contributed by atoms with van der Waals surface area (Å²) in [4.78, 5) is 37.7. The third-order valence-corrected chi connectivity index (χ3v) is 4.31. The molecule has 0 saturated carbocycles. The van der Waals surface area contributed by atoms with E-state index in [1.165, 1.54) is 11.8 Å². The molecule has 25 heavy (non-hydrogen) atoms. The minimum Gasteiger partial charge on any atom is -0.459 e. The number of benzene rings is 2. The van der Waals surface area contributed by atoms with Gasteiger partial charge in [0.15, 0.2) is 0 Å². The Morgan fingerprint density at radius 1 is 1.00 bits per heavy atom. The van der Waals surface area contributed by atoms with Gasteiger partial charge in [-0.15, -0.1) is 0 Å². The third-order valence-electron chi connectivity index (χ3n) is 4.31. The van der Waals surface area contributed by atoms with Crippen molar-refractivity contribution in [1.29, 1.82) is 0 Å². The number of nitrogens with zero attached hydrogens (tertiary/aromatic N) is 1. The second kappa shape index (κ2) is 7.30. The Labute approximate surface area is 146 Å². The SMILES string of the molecule is CC(=O)C(=O)N1Cc2ccccc2C[C@H]1C(=O)OCc1ccccc1. The van der Waals surface area contributed by atoms with Gasteiger partial charge in [-0.3, -0.25) is 9.59 Å². The van der Waals surface area contributed by atoms with E-state index in [-0.39, 0.29) is 13.2 Å². The molecule has 1 amide bonds. The monoisotopic (exact) mass is 337 g/mol. The van der Waals surface area contributed by atoms with Crippen molar-refractivity contribution >= 4 is 17.7 Å². The predicted octanol–water partition coefficient (Wildman–Crippen LogP) is 2.27. The lowest BCUT2D eigenvalue weighted by atomic mass is 9.93. The van der Waals surface area contributed by atoms with Gasteiger partial charge in [0.25, 0.3) is 5.91 Å². The number of ether oxygens (including phenoxy) is 1. The summed E-state index contributed by atoms with van der Waals surface area (Å²) in [5.74, 6) is -1.73. The van der Waals surface area contributed by atoms with Gasteiger partial charge < -0.3 is 9.64 Å². The number of amides is 1. The molecular weight excluding hydrogens is 318 g/mol. The van der Waals surface area contributed by atoms with Gasteiger partial charge in [0.1, 0.15) is 12.6 Å². The molecule has 1 aliphatic heterocycles. The lowest BCUT2D eigenvalue weighted by molar-refractivity contribution is -0.159. The van der Waals surface area contributed by atoms with Gasteiger partial charge in [0.2, 0.25) is 5.78 Å². The maximum absolute atomic E-state index is 12.6. The maximum Gasteiger partial charge on any atom is 0.329 e. The highest BCUT2D eigenvalue weighted by Crippen LogP contribution is 2.24. The van der Waals surface area contributed by atoms with Gasteiger partial charge in [-0.2, -0.15) is 0 Å². The number of rotatable bonds is 4. The third kappa shape index (κ3) is 3.76. The van der Waals surface area contributed by atoms with Gasteiger partial charge >= 0.3 is 5.97 Å². The van der Waals surface area contributed by atoms with Crippen molar-refractivity contribution in [1.82, 2.24) is 4.90 Å². The van der Waals surface area contributed by atoms with Gasteiger partial charge in [-0.1, -0.05) is 54.6 Å². The molecule has 5 nitrogen and oxygen atoms in total. The molecule has 0 radical (unpaired) electrons. The molecule has 0 spiro atoms. The van der Waals surface area contributed by atoms with Crippen molar-refractivity contribution in [2.45, 2.75) is 32.5 Å². The molecule has 0 N–H and O–H groups in total. The van der Waals surface area contributed by atoms with Crippen LogP contribution in [0.2, 0.25) is 0 Å². The molecule has 3 rings (SSSR count). The van der Waals surface area contributed by atoms with Crippen LogP contribution in [0.1, 0.15) is 23.6 Å². The first-order valence-corrected chi connectivity index (χ1v) is 8.15. The summed E-state index contributed by atoms with van der Waals surface area (Å²) in [6.07, 6.45) is 0.350. The van der Waals surface area contributed by atoms with E-state index in [4.69, 9.17) is 4.74 Å². The van der Waals surface area contributed by atoms with Crippen LogP contribution in [-0.4, -0.2) is 28.6 Å². The van der Waals surface area contributed by atoms with Crippen molar-refractivity contribution in [3.8, 4) is 0 Å². The Morgan fingerprint density at radius 3 is 2.32 bits per heavy atom. The van der Waals surface area contributed by atoms with Crippen molar-refractivity contribution in [2.24, 2.45) is 0 Å². The summed E-state index contributed by atoms with van der Waals surface area (Å²) in [5.41, 5.74) is 2.82. The molecule has 2 aromatic carbocycles. The second-order valence-corrected chi connectivity index (χ2v) is 6.07. The number of hydrogen-bond acceptors (Lipinski definition) is 4. The Kier molecular flexibility index (Phi) is 4.93. The Bertz CT molecular complexity index is 800. The standard InChI is InChI=1S/C20H19NO4/c1-14(22)19(23)21-12-17-10-6-5-9-16(17)11-18(21)20(24)25-13-15-7-3-2-4-8-15/h2-10,18H,11-13H2,1H3/t18-/m0/s1. The Morgan fingerprint density at radius 2 is 1.64 bits per heavy atom. The second-order valence-electron chi connectivity index (χ2n) is 6.07. The fraction of sp³-hybridized carbons (Fsp3) is 0.250. The molecule has 2 aromatic rings. The van der Waals surface area contributed by atoms with Crippen molar-refractivity contribution in [3.05, 3.63) is 71.3 Å². The number of esters is 1. The van der Waals surface area contributed by atoms with E-state index in [1.807, 2.05) is 54.6 Å². The molecule has 1 aliphatic rings. The van der Waals surface area contributed by atoms with Gasteiger partial charge in [-0.25, -0.2) is 4.79 Å². The first-order chi connectivity index (χ1) is 12.1. The fourth-order valence-electron chi connectivity index (χ4n) is 2.97. The van der Waals surface area contributed by atoms with Crippen LogP contribution < -0.4 is 0 Å². The van der Waals surface area contributed by atoms with Crippen LogP contribution >= 0.6 is 0 Å². The summed E-state index contributed by atoms with van der Waals surface area (Å²) in [6.45, 7) is 1.59. The van der Waals surface area contributed by atoms with Gasteiger partial charge in [0, 0.05) is 19.9 Å². The summed E-state index contributed by atoms with van der Waals surface area (Å²) in [6, 6.07) is 16.2. The number of hydrogen-bond donors (Lipinski definition) is 0. The number of carbonyl (C=O) groups excluding carboxylic acids is 3. The molecule has 0 aliphatic carbocycles. The van der Waals surface area contributed by atoms with Crippen molar-refractivity contribution in [3.63, 3.8) is 0 Å². The summed E-state index contributed by atoms with van der Waals surface area (Å²) < 4.78 is 5.40. The molecule has 0 aromatic heterocycles. The Balaban J connectivity index is 1.79. The highest BCUT2D eigenvalue weighted by molar-refractivity contribution is 6.35. The lowest BCUT2D eigenvalue weighted by Gasteiger charge is -2.34. The highest BCUT2D eigenvalue weighted by Gasteiger charge is 2.36. The zero-order valence-electron chi connectivity index (χ0n) is 14.0. The van der Waals surface area contributed by atoms with E-state index in [2.05, 4.69) is 0 Å². The average molecular weight is 337 g/mol. The zero-order valence-corrected chi connectivity index (χ0v) is 14.0. The molecule has 0 saturated heterocycles. The minimum atomic E-state index is -0.782. The largest absolute Gasteiger partial charge is 0.459 e. The van der Waals surface area contributed by atoms with Crippen LogP contribution in [0.3, 0.4) is 0 Å². The Hall–Kier alpha value is -2.95. The number of fused-ring (bicyclic) bond motifs is 1. The van der Waals surface area contributed by atoms with Crippen LogP contribution in [0.5, 0.6) is 0 Å². The van der Waals surface area contributed by atoms with E-state index in [0.717, 1.165) is 16.7 Å². The number of Topliss-reactive ketones (excluding diaryl/α,β-unsaturated/α-hetero) is 1. The summed E-state index contributed by atoms with van der Waals surface area (Å²) in [7, 11) is 0. The highest BCUT2D eigenvalue weighted by atomic mass is 16.5. The van der Waals surface area contributed by atoms with E-state index in [9.17, 15) is 14.4 Å². The molecule has 5 heteroatoms. The smallest absolute Gasteiger partial charge is 0.329 e. The van der Waals surface area contributed by atoms with Crippen molar-refractivity contribution in [2.75, 3.05) is 0 Å². The zero-order chi connectivity index (χ0) is 17.8. The first kappa shape index (κ1) is 16.9. The molecule has 0 unspecified atom stereocenters. The first-order valence-electron chi connectivity index (χ1n) is 8.15. The van der Waals surface area contributed by atoms with E-state index < -0.39 is 23.7 Å². The number of ketones is 1. The van der Waals surface area contributed by atoms with Crippen molar-refractivity contribution < 1.29 is 19.1 Å². The molecular formula is C20H19NO4. The lowest BCUT2D eigenvalue weighted by Crippen LogP contribution is -2.51. The minimum absolute atomic E-state index is 0.139. The molecule has 0 fully saturated rings. The maximum atomic E-state index is 12.6. The molecule has 1 atom stereocenters. The fourth-order valence-corrected chi connectivity index (χ4v) is 2.97. The summed E-state index contributed by atoms with van der Waals surface area (Å²) in [5, 5.41) is 0. The van der Waals surface area contributed by atoms with E-state index in [1.54, 1.807) is 0 Å². The molecule has 0 bridgehead atoms. The van der Waals surface area contributed by atoms with Crippen LogP contribution in [0.4, 0.5) is 0 Å². The normalized spacial score (nSPS) is 16.0. The van der Waals surface area contributed by atoms with Gasteiger partial charge in [0.05, 0.1) is 0 Å².